The molecule has 16 heteroatoms. The number of methoxy groups -OCH3 is 1. The third-order valence-corrected chi connectivity index (χ3v) is 9.54. The van der Waals surface area contributed by atoms with Crippen molar-refractivity contribution in [2.24, 2.45) is 0 Å². The molecule has 3 aliphatic rings. The van der Waals surface area contributed by atoms with Crippen molar-refractivity contribution in [3.63, 3.8) is 0 Å². The number of anilines is 2. The molecule has 3 fully saturated rings. The molecular formula is C38H46FN9O6. The lowest BCUT2D eigenvalue weighted by atomic mass is 10.0. The highest BCUT2D eigenvalue weighted by atomic mass is 19.1. The fourth-order valence-electron chi connectivity index (χ4n) is 7.10. The number of para-hydroxylation sites is 1. The van der Waals surface area contributed by atoms with Gasteiger partial charge < -0.3 is 24.4 Å². The van der Waals surface area contributed by atoms with Crippen molar-refractivity contribution in [2.45, 2.75) is 57.5 Å². The topological polar surface area (TPSA) is 148 Å². The number of ether oxygens (including phenoxy) is 3. The van der Waals surface area contributed by atoms with Crippen molar-refractivity contribution in [1.82, 2.24) is 35.0 Å². The molecule has 6 heterocycles. The Kier molecular flexibility index (Phi) is 10.8. The Hall–Kier alpha value is -5.16. The summed E-state index contributed by atoms with van der Waals surface area (Å²) in [5.41, 5.74) is 2.87. The lowest BCUT2D eigenvalue weighted by Crippen LogP contribution is -2.66. The number of aromatic nitrogens is 4. The van der Waals surface area contributed by atoms with Gasteiger partial charge in [0.1, 0.15) is 23.3 Å². The van der Waals surface area contributed by atoms with Crippen molar-refractivity contribution >= 4 is 23.8 Å². The van der Waals surface area contributed by atoms with Gasteiger partial charge in [0.25, 0.3) is 0 Å². The van der Waals surface area contributed by atoms with Crippen LogP contribution < -0.4 is 15.5 Å². The Morgan fingerprint density at radius 1 is 1.02 bits per heavy atom. The Labute approximate surface area is 313 Å². The zero-order valence-corrected chi connectivity index (χ0v) is 31.1. The number of amides is 3. The average Bonchev–Trinajstić information content (AvgIpc) is 3.69. The SMILES string of the molecule is COCCN1C[C@@H](NC(=O)Nc2c(C)c(-c3ccc(N4C[C@H]5COC[C@@H](C4)N5C(=O)OC(C)(C)C)nc3)nn2-c2ccccc2)[C@H](c2ccnc(F)c2)O1. The highest BCUT2D eigenvalue weighted by Crippen LogP contribution is 2.33. The highest BCUT2D eigenvalue weighted by Gasteiger charge is 2.43. The van der Waals surface area contributed by atoms with Crippen LogP contribution in [0.25, 0.3) is 16.9 Å². The van der Waals surface area contributed by atoms with Crippen LogP contribution in [0.3, 0.4) is 0 Å². The Bertz CT molecular complexity index is 1930. The quantitative estimate of drug-likeness (QED) is 0.230. The maximum atomic E-state index is 14.1. The average molecular weight is 744 g/mol. The number of carbonyl (C=O) groups is 2. The first-order chi connectivity index (χ1) is 26.0. The molecule has 0 saturated carbocycles. The van der Waals surface area contributed by atoms with Crippen molar-refractivity contribution in [1.29, 1.82) is 0 Å². The summed E-state index contributed by atoms with van der Waals surface area (Å²) in [5.74, 6) is 0.620. The first-order valence-corrected chi connectivity index (χ1v) is 18.0. The van der Waals surface area contributed by atoms with Crippen molar-refractivity contribution in [3.8, 4) is 16.9 Å². The molecule has 3 saturated heterocycles. The van der Waals surface area contributed by atoms with E-state index in [4.69, 9.17) is 29.1 Å². The summed E-state index contributed by atoms with van der Waals surface area (Å²) in [4.78, 5) is 45.4. The number of benzene rings is 1. The molecule has 2 bridgehead atoms. The molecular weight excluding hydrogens is 697 g/mol. The number of hydrogen-bond donors (Lipinski definition) is 2. The maximum Gasteiger partial charge on any atom is 0.411 e. The minimum absolute atomic E-state index is 0.164. The summed E-state index contributed by atoms with van der Waals surface area (Å²) >= 11 is 0. The Balaban J connectivity index is 1.10. The maximum absolute atomic E-state index is 14.1. The van der Waals surface area contributed by atoms with Crippen LogP contribution in [0.4, 0.5) is 25.6 Å². The molecule has 54 heavy (non-hydrogen) atoms. The van der Waals surface area contributed by atoms with E-state index in [9.17, 15) is 14.0 Å². The fourth-order valence-corrected chi connectivity index (χ4v) is 7.10. The predicted octanol–water partition coefficient (Wildman–Crippen LogP) is 4.73. The van der Waals surface area contributed by atoms with E-state index in [1.807, 2.05) is 75.1 Å². The van der Waals surface area contributed by atoms with Gasteiger partial charge in [-0.2, -0.15) is 14.6 Å². The van der Waals surface area contributed by atoms with E-state index in [0.717, 1.165) is 22.6 Å². The van der Waals surface area contributed by atoms with Crippen LogP contribution in [0.1, 0.15) is 38.0 Å². The molecule has 3 aliphatic heterocycles. The predicted molar refractivity (Wildman–Crippen MR) is 198 cm³/mol. The number of rotatable bonds is 9. The number of fused-ring (bicyclic) bond motifs is 2. The number of carbonyl (C=O) groups excluding carboxylic acids is 2. The molecule has 2 N–H and O–H groups in total. The van der Waals surface area contributed by atoms with E-state index >= 15 is 0 Å². The molecule has 15 nitrogen and oxygen atoms in total. The van der Waals surface area contributed by atoms with Gasteiger partial charge in [-0.25, -0.2) is 24.2 Å². The monoisotopic (exact) mass is 743 g/mol. The molecule has 0 spiro atoms. The Morgan fingerprint density at radius 2 is 1.78 bits per heavy atom. The molecule has 7 rings (SSSR count). The Morgan fingerprint density at radius 3 is 2.44 bits per heavy atom. The zero-order valence-electron chi connectivity index (χ0n) is 31.1. The number of pyridine rings is 2. The van der Waals surface area contributed by atoms with E-state index < -0.39 is 29.7 Å². The number of halogens is 1. The highest BCUT2D eigenvalue weighted by molar-refractivity contribution is 5.91. The molecule has 3 aromatic heterocycles. The second-order valence-electron chi connectivity index (χ2n) is 14.6. The molecule has 3 amide bonds. The van der Waals surface area contributed by atoms with Gasteiger partial charge in [-0.3, -0.25) is 15.1 Å². The molecule has 4 atom stereocenters. The largest absolute Gasteiger partial charge is 0.444 e. The number of hydrogen-bond acceptors (Lipinski definition) is 11. The molecule has 0 aliphatic carbocycles. The lowest BCUT2D eigenvalue weighted by molar-refractivity contribution is -0.154. The molecule has 0 radical (unpaired) electrons. The van der Waals surface area contributed by atoms with Crippen LogP contribution in [-0.2, 0) is 19.0 Å². The van der Waals surface area contributed by atoms with Crippen LogP contribution in [0.2, 0.25) is 0 Å². The van der Waals surface area contributed by atoms with Crippen LogP contribution in [-0.4, -0.2) is 119 Å². The van der Waals surface area contributed by atoms with E-state index in [0.29, 0.717) is 63.1 Å². The van der Waals surface area contributed by atoms with Gasteiger partial charge in [-0.15, -0.1) is 0 Å². The summed E-state index contributed by atoms with van der Waals surface area (Å²) in [6, 6.07) is 15.1. The molecule has 0 unspecified atom stereocenters. The number of piperazine rings is 1. The van der Waals surface area contributed by atoms with E-state index in [1.54, 1.807) is 29.1 Å². The van der Waals surface area contributed by atoms with Crippen molar-refractivity contribution in [2.75, 3.05) is 63.3 Å². The smallest absolute Gasteiger partial charge is 0.411 e. The summed E-state index contributed by atoms with van der Waals surface area (Å²) in [6.07, 6.45) is 2.19. The van der Waals surface area contributed by atoms with E-state index in [1.165, 1.54) is 12.3 Å². The number of nitrogens with one attached hydrogen (secondary N) is 2. The second kappa shape index (κ2) is 15.7. The van der Waals surface area contributed by atoms with Gasteiger partial charge >= 0.3 is 12.1 Å². The van der Waals surface area contributed by atoms with Gasteiger partial charge in [0.15, 0.2) is 0 Å². The van der Waals surface area contributed by atoms with Crippen molar-refractivity contribution < 1.29 is 33.0 Å². The number of morpholine rings is 1. The van der Waals surface area contributed by atoms with Gasteiger partial charge in [0, 0.05) is 56.8 Å². The minimum Gasteiger partial charge on any atom is -0.444 e. The standard InChI is InChI=1S/C38H46FN9O6/c1-24-33(26-11-12-32(41-18-26)45-19-28-22-52-23-29(20-45)47(28)37(50)53-38(2,3)4)44-48(27-9-7-6-8-10-27)35(24)43-36(49)42-30-21-46(15-16-51-5)54-34(30)25-13-14-40-31(39)17-25/h6-14,17-18,28-30,34H,15-16,19-23H2,1-5H3,(H2,42,43,49)/t28-,29+,30-,34+/m1/s1. The third kappa shape index (κ3) is 8.16. The van der Waals surface area contributed by atoms with Gasteiger partial charge in [0.2, 0.25) is 5.95 Å². The zero-order chi connectivity index (χ0) is 38.0. The van der Waals surface area contributed by atoms with Crippen LogP contribution in [0.15, 0.2) is 67.0 Å². The van der Waals surface area contributed by atoms with Gasteiger partial charge in [-0.1, -0.05) is 18.2 Å². The van der Waals surface area contributed by atoms with E-state index in [-0.39, 0.29) is 18.2 Å². The minimum atomic E-state index is -0.641. The second-order valence-corrected chi connectivity index (χ2v) is 14.6. The number of nitrogens with zero attached hydrogens (tertiary/aromatic N) is 7. The van der Waals surface area contributed by atoms with Crippen LogP contribution in [0, 0.1) is 12.9 Å². The number of hydroxylamine groups is 2. The fraction of sp³-hybridized carbons (Fsp3) is 0.447. The lowest BCUT2D eigenvalue weighted by Gasteiger charge is -2.49. The summed E-state index contributed by atoms with van der Waals surface area (Å²) in [7, 11) is 1.60. The first-order valence-electron chi connectivity index (χ1n) is 18.0. The van der Waals surface area contributed by atoms with Crippen molar-refractivity contribution in [3.05, 3.63) is 84.1 Å². The number of urea groups is 1. The molecule has 1 aromatic carbocycles. The van der Waals surface area contributed by atoms with Gasteiger partial charge in [-0.05, 0) is 69.7 Å². The van der Waals surface area contributed by atoms with Crippen LogP contribution >= 0.6 is 0 Å². The van der Waals surface area contributed by atoms with E-state index in [2.05, 4.69) is 20.5 Å². The summed E-state index contributed by atoms with van der Waals surface area (Å²) in [5, 5.41) is 12.7. The normalized spacial score (nSPS) is 21.6. The summed E-state index contributed by atoms with van der Waals surface area (Å²) < 4.78 is 32.5. The van der Waals surface area contributed by atoms with Gasteiger partial charge in [0.05, 0.1) is 49.3 Å². The van der Waals surface area contributed by atoms with Crippen LogP contribution in [0.5, 0.6) is 0 Å². The molecule has 4 aromatic rings. The molecule has 286 valence electrons. The summed E-state index contributed by atoms with van der Waals surface area (Å²) in [6.45, 7) is 10.7. The third-order valence-electron chi connectivity index (χ3n) is 9.54. The first kappa shape index (κ1) is 37.2.